The molecule has 4 rings (SSSR count). The Bertz CT molecular complexity index is 860. The highest BCUT2D eigenvalue weighted by Gasteiger charge is 2.19. The maximum Gasteiger partial charge on any atom is 0.243 e. The van der Waals surface area contributed by atoms with Crippen molar-refractivity contribution < 1.29 is 4.79 Å². The van der Waals surface area contributed by atoms with Crippen molar-refractivity contribution in [2.75, 3.05) is 23.3 Å². The molecule has 1 aromatic heterocycles. The zero-order valence-electron chi connectivity index (χ0n) is 12.5. The van der Waals surface area contributed by atoms with Crippen LogP contribution in [0.5, 0.6) is 0 Å². The summed E-state index contributed by atoms with van der Waals surface area (Å²) < 4.78 is 8.46. The third-order valence-corrected chi connectivity index (χ3v) is 4.64. The van der Waals surface area contributed by atoms with Gasteiger partial charge in [-0.05, 0) is 36.6 Å². The predicted molar refractivity (Wildman–Crippen MR) is 93.0 cm³/mol. The van der Waals surface area contributed by atoms with E-state index in [1.807, 2.05) is 24.3 Å². The number of nitrogens with one attached hydrogen (secondary N) is 1. The number of nitrogens with zero attached hydrogens (tertiary/aromatic N) is 3. The summed E-state index contributed by atoms with van der Waals surface area (Å²) in [5, 5.41) is 2.97. The first-order chi connectivity index (χ1) is 11.3. The Hall–Kier alpha value is -2.47. The number of aryl methyl sites for hydroxylation is 1. The lowest BCUT2D eigenvalue weighted by Gasteiger charge is -2.30. The van der Waals surface area contributed by atoms with E-state index in [1.54, 1.807) is 0 Å². The number of benzene rings is 2. The van der Waals surface area contributed by atoms with Gasteiger partial charge in [-0.15, -0.1) is 0 Å². The molecular formula is C17H16N4OS. The minimum absolute atomic E-state index is 0.0257. The van der Waals surface area contributed by atoms with Gasteiger partial charge in [0.15, 0.2) is 0 Å². The van der Waals surface area contributed by atoms with Crippen LogP contribution in [0.3, 0.4) is 0 Å². The highest BCUT2D eigenvalue weighted by atomic mass is 32.1. The minimum Gasteiger partial charge on any atom is -0.362 e. The molecule has 1 amide bonds. The fourth-order valence-corrected chi connectivity index (χ4v) is 3.60. The largest absolute Gasteiger partial charge is 0.362 e. The molecule has 1 aliphatic heterocycles. The summed E-state index contributed by atoms with van der Waals surface area (Å²) in [4.78, 5) is 14.6. The number of para-hydroxylation sites is 1. The monoisotopic (exact) mass is 324 g/mol. The van der Waals surface area contributed by atoms with Crippen LogP contribution >= 0.6 is 11.7 Å². The van der Waals surface area contributed by atoms with Gasteiger partial charge in [0.25, 0.3) is 0 Å². The maximum atomic E-state index is 12.5. The second kappa shape index (κ2) is 5.96. The standard InChI is InChI=1S/C17H16N4OS/c22-16(18-13-7-3-8-14-17(13)20-23-19-14)11-21-10-4-6-12-5-1-2-9-15(12)21/h1-3,5,7-9H,4,6,10-11H2,(H,18,22). The van der Waals surface area contributed by atoms with E-state index in [0.29, 0.717) is 6.54 Å². The topological polar surface area (TPSA) is 58.1 Å². The molecule has 2 heterocycles. The van der Waals surface area contributed by atoms with E-state index in [9.17, 15) is 4.79 Å². The molecule has 23 heavy (non-hydrogen) atoms. The summed E-state index contributed by atoms with van der Waals surface area (Å²) in [6.07, 6.45) is 2.16. The van der Waals surface area contributed by atoms with Crippen molar-refractivity contribution >= 4 is 40.0 Å². The normalized spacial score (nSPS) is 13.8. The number of rotatable bonds is 3. The molecule has 0 unspecified atom stereocenters. The maximum absolute atomic E-state index is 12.5. The van der Waals surface area contributed by atoms with Crippen molar-refractivity contribution in [3.8, 4) is 0 Å². The predicted octanol–water partition coefficient (Wildman–Crippen LogP) is 3.08. The van der Waals surface area contributed by atoms with E-state index in [1.165, 1.54) is 11.3 Å². The van der Waals surface area contributed by atoms with E-state index in [4.69, 9.17) is 0 Å². The second-order valence-electron chi connectivity index (χ2n) is 5.64. The summed E-state index contributed by atoms with van der Waals surface area (Å²) >= 11 is 1.16. The number of hydrogen-bond acceptors (Lipinski definition) is 5. The van der Waals surface area contributed by atoms with Crippen LogP contribution in [0.25, 0.3) is 11.0 Å². The lowest BCUT2D eigenvalue weighted by Crippen LogP contribution is -2.36. The van der Waals surface area contributed by atoms with E-state index in [0.717, 1.165) is 47.8 Å². The number of amides is 1. The molecular weight excluding hydrogens is 308 g/mol. The van der Waals surface area contributed by atoms with Crippen LogP contribution in [0.15, 0.2) is 42.5 Å². The van der Waals surface area contributed by atoms with Crippen LogP contribution < -0.4 is 10.2 Å². The molecule has 0 atom stereocenters. The van der Waals surface area contributed by atoms with Crippen LogP contribution in [-0.4, -0.2) is 27.7 Å². The zero-order valence-corrected chi connectivity index (χ0v) is 13.3. The van der Waals surface area contributed by atoms with Crippen molar-refractivity contribution in [1.29, 1.82) is 0 Å². The van der Waals surface area contributed by atoms with Gasteiger partial charge in [0, 0.05) is 12.2 Å². The lowest BCUT2D eigenvalue weighted by molar-refractivity contribution is -0.115. The molecule has 1 N–H and O–H groups in total. The molecule has 2 aromatic carbocycles. The third kappa shape index (κ3) is 2.77. The van der Waals surface area contributed by atoms with Crippen LogP contribution in [0.1, 0.15) is 12.0 Å². The van der Waals surface area contributed by atoms with Crippen molar-refractivity contribution in [2.45, 2.75) is 12.8 Å². The van der Waals surface area contributed by atoms with Gasteiger partial charge in [0.05, 0.1) is 24.0 Å². The summed E-state index contributed by atoms with van der Waals surface area (Å²) in [6.45, 7) is 1.26. The third-order valence-electron chi connectivity index (χ3n) is 4.10. The quantitative estimate of drug-likeness (QED) is 0.804. The highest BCUT2D eigenvalue weighted by molar-refractivity contribution is 7.00. The van der Waals surface area contributed by atoms with Crippen molar-refractivity contribution in [2.24, 2.45) is 0 Å². The number of carbonyl (C=O) groups is 1. The summed E-state index contributed by atoms with van der Waals surface area (Å²) in [6, 6.07) is 14.0. The molecule has 0 bridgehead atoms. The van der Waals surface area contributed by atoms with E-state index in [-0.39, 0.29) is 5.91 Å². The number of fused-ring (bicyclic) bond motifs is 2. The van der Waals surface area contributed by atoms with E-state index < -0.39 is 0 Å². The number of aromatic nitrogens is 2. The number of anilines is 2. The Kier molecular flexibility index (Phi) is 3.67. The molecule has 0 saturated carbocycles. The van der Waals surface area contributed by atoms with Crippen molar-refractivity contribution in [1.82, 2.24) is 8.75 Å². The van der Waals surface area contributed by atoms with Gasteiger partial charge in [-0.1, -0.05) is 24.3 Å². The van der Waals surface area contributed by atoms with Gasteiger partial charge in [-0.3, -0.25) is 4.79 Å². The van der Waals surface area contributed by atoms with Gasteiger partial charge >= 0.3 is 0 Å². The molecule has 1 aliphatic rings. The molecule has 0 saturated heterocycles. The Morgan fingerprint density at radius 3 is 3.04 bits per heavy atom. The lowest BCUT2D eigenvalue weighted by atomic mass is 10.0. The average molecular weight is 324 g/mol. The first kappa shape index (κ1) is 14.1. The molecule has 0 radical (unpaired) electrons. The molecule has 0 fully saturated rings. The van der Waals surface area contributed by atoms with Gasteiger partial charge in [0.2, 0.25) is 5.91 Å². The molecule has 5 nitrogen and oxygen atoms in total. The second-order valence-corrected chi connectivity index (χ2v) is 6.17. The zero-order chi connectivity index (χ0) is 15.6. The Morgan fingerprint density at radius 1 is 1.17 bits per heavy atom. The Morgan fingerprint density at radius 2 is 2.09 bits per heavy atom. The molecule has 0 aliphatic carbocycles. The van der Waals surface area contributed by atoms with E-state index >= 15 is 0 Å². The van der Waals surface area contributed by atoms with Gasteiger partial charge < -0.3 is 10.2 Å². The molecule has 3 aromatic rings. The van der Waals surface area contributed by atoms with Gasteiger partial charge in [0.1, 0.15) is 11.0 Å². The molecule has 0 spiro atoms. The fraction of sp³-hybridized carbons (Fsp3) is 0.235. The smallest absolute Gasteiger partial charge is 0.243 e. The van der Waals surface area contributed by atoms with Crippen LogP contribution in [0.4, 0.5) is 11.4 Å². The van der Waals surface area contributed by atoms with E-state index in [2.05, 4.69) is 37.2 Å². The van der Waals surface area contributed by atoms with Crippen molar-refractivity contribution in [3.63, 3.8) is 0 Å². The van der Waals surface area contributed by atoms with Crippen LogP contribution in [0, 0.1) is 0 Å². The SMILES string of the molecule is O=C(CN1CCCc2ccccc21)Nc1cccc2nsnc12. The molecule has 116 valence electrons. The molecule has 6 heteroatoms. The average Bonchev–Trinajstić information content (AvgIpc) is 3.05. The van der Waals surface area contributed by atoms with Crippen LogP contribution in [0.2, 0.25) is 0 Å². The van der Waals surface area contributed by atoms with Crippen LogP contribution in [-0.2, 0) is 11.2 Å². The Labute approximate surface area is 138 Å². The van der Waals surface area contributed by atoms with Crippen molar-refractivity contribution in [3.05, 3.63) is 48.0 Å². The summed E-state index contributed by atoms with van der Waals surface area (Å²) in [5.74, 6) is -0.0257. The minimum atomic E-state index is -0.0257. The first-order valence-corrected chi connectivity index (χ1v) is 8.38. The first-order valence-electron chi connectivity index (χ1n) is 7.65. The highest BCUT2D eigenvalue weighted by Crippen LogP contribution is 2.26. The Balaban J connectivity index is 1.52. The fourth-order valence-electron chi connectivity index (χ4n) is 3.05. The van der Waals surface area contributed by atoms with Gasteiger partial charge in [-0.25, -0.2) is 0 Å². The van der Waals surface area contributed by atoms with Gasteiger partial charge in [-0.2, -0.15) is 8.75 Å². The number of hydrogen-bond donors (Lipinski definition) is 1. The number of carbonyl (C=O) groups excluding carboxylic acids is 1. The summed E-state index contributed by atoms with van der Waals surface area (Å²) in [7, 11) is 0. The summed E-state index contributed by atoms with van der Waals surface area (Å²) in [5.41, 5.74) is 4.78.